The molecule has 0 saturated heterocycles. The Balaban J connectivity index is 2.78. The second-order valence-electron chi connectivity index (χ2n) is 2.88. The molecule has 0 aromatic carbocycles. The molecule has 72 valence electrons. The highest BCUT2D eigenvalue weighted by atomic mass is 16.7. The quantitative estimate of drug-likeness (QED) is 0.673. The minimum Gasteiger partial charge on any atom is -0.355 e. The number of hydrogen-bond acceptors (Lipinski definition) is 3. The molecule has 0 bridgehead atoms. The van der Waals surface area contributed by atoms with Crippen LogP contribution in [0, 0.1) is 0 Å². The van der Waals surface area contributed by atoms with Crippen LogP contribution in [0.15, 0.2) is 23.4 Å². The lowest BCUT2D eigenvalue weighted by Gasteiger charge is -2.22. The third-order valence-electron chi connectivity index (χ3n) is 1.83. The van der Waals surface area contributed by atoms with Crippen molar-refractivity contribution < 1.29 is 9.63 Å². The Bertz CT molecular complexity index is 269. The van der Waals surface area contributed by atoms with Crippen LogP contribution in [0.1, 0.15) is 6.92 Å². The highest BCUT2D eigenvalue weighted by molar-refractivity contribution is 5.94. The van der Waals surface area contributed by atoms with Gasteiger partial charge in [-0.05, 0) is 18.6 Å². The van der Waals surface area contributed by atoms with Gasteiger partial charge in [-0.3, -0.25) is 14.7 Å². The number of rotatable bonds is 2. The van der Waals surface area contributed by atoms with Crippen molar-refractivity contribution in [2.75, 3.05) is 20.7 Å². The largest absolute Gasteiger partial charge is 0.355 e. The summed E-state index contributed by atoms with van der Waals surface area (Å²) in [5.41, 5.74) is 1.72. The van der Waals surface area contributed by atoms with Gasteiger partial charge in [0.25, 0.3) is 0 Å². The first-order valence-electron chi connectivity index (χ1n) is 4.09. The molecular formula is C9H14N2O2. The van der Waals surface area contributed by atoms with E-state index in [9.17, 15) is 4.79 Å². The average Bonchev–Trinajstić information content (AvgIpc) is 2.15. The summed E-state index contributed by atoms with van der Waals surface area (Å²) in [6.07, 6.45) is 3.71. The summed E-state index contributed by atoms with van der Waals surface area (Å²) in [6.45, 7) is 2.42. The zero-order valence-electron chi connectivity index (χ0n) is 8.13. The van der Waals surface area contributed by atoms with Gasteiger partial charge in [0.15, 0.2) is 0 Å². The molecular weight excluding hydrogens is 168 g/mol. The van der Waals surface area contributed by atoms with Gasteiger partial charge >= 0.3 is 0 Å². The van der Waals surface area contributed by atoms with Gasteiger partial charge in [0.1, 0.15) is 0 Å². The van der Waals surface area contributed by atoms with Crippen LogP contribution in [0.4, 0.5) is 0 Å². The van der Waals surface area contributed by atoms with E-state index in [4.69, 9.17) is 4.84 Å². The topological polar surface area (TPSA) is 41.6 Å². The van der Waals surface area contributed by atoms with Gasteiger partial charge < -0.3 is 5.32 Å². The molecule has 1 aliphatic rings. The third kappa shape index (κ3) is 2.32. The molecule has 0 aromatic rings. The second-order valence-corrected chi connectivity index (χ2v) is 2.88. The van der Waals surface area contributed by atoms with Crippen molar-refractivity contribution in [1.29, 1.82) is 0 Å². The van der Waals surface area contributed by atoms with E-state index in [1.807, 2.05) is 19.2 Å². The molecule has 1 heterocycles. The molecule has 1 amide bonds. The van der Waals surface area contributed by atoms with Crippen LogP contribution >= 0.6 is 0 Å². The maximum atomic E-state index is 11.3. The van der Waals surface area contributed by atoms with Crippen LogP contribution in [0.5, 0.6) is 0 Å². The Labute approximate surface area is 77.8 Å². The minimum absolute atomic E-state index is 0.0606. The summed E-state index contributed by atoms with van der Waals surface area (Å²) < 4.78 is 0. The predicted molar refractivity (Wildman–Crippen MR) is 49.6 cm³/mol. The van der Waals surface area contributed by atoms with Gasteiger partial charge in [0.05, 0.1) is 13.7 Å². The monoisotopic (exact) mass is 182 g/mol. The number of nitrogens with one attached hydrogen (secondary N) is 1. The SMILES string of the molecule is CNC(=O)C1=CC(C)=CN(OC)C1. The zero-order chi connectivity index (χ0) is 9.84. The molecule has 0 aromatic heterocycles. The maximum Gasteiger partial charge on any atom is 0.248 e. The van der Waals surface area contributed by atoms with E-state index < -0.39 is 0 Å². The van der Waals surface area contributed by atoms with Crippen LogP contribution in [-0.4, -0.2) is 31.7 Å². The standard InChI is InChI=1S/C9H14N2O2/c1-7-4-8(9(12)10-2)6-11(5-7)13-3/h4-5H,6H2,1-3H3,(H,10,12). The molecule has 0 radical (unpaired) electrons. The van der Waals surface area contributed by atoms with Crippen molar-refractivity contribution in [3.8, 4) is 0 Å². The number of amides is 1. The normalized spacial score (nSPS) is 16.4. The number of hydroxylamine groups is 2. The van der Waals surface area contributed by atoms with E-state index in [0.717, 1.165) is 5.57 Å². The Hall–Kier alpha value is -1.29. The molecule has 0 fully saturated rings. The predicted octanol–water partition coefficient (Wildman–Crippen LogP) is 0.440. The van der Waals surface area contributed by atoms with Crippen molar-refractivity contribution in [1.82, 2.24) is 10.4 Å². The Kier molecular flexibility index (Phi) is 3.08. The number of hydrogen-bond donors (Lipinski definition) is 1. The third-order valence-corrected chi connectivity index (χ3v) is 1.83. The van der Waals surface area contributed by atoms with Gasteiger partial charge in [-0.1, -0.05) is 0 Å². The Morgan fingerprint density at radius 3 is 2.92 bits per heavy atom. The molecule has 0 unspecified atom stereocenters. The van der Waals surface area contributed by atoms with E-state index >= 15 is 0 Å². The summed E-state index contributed by atoms with van der Waals surface area (Å²) in [4.78, 5) is 16.3. The fraction of sp³-hybridized carbons (Fsp3) is 0.444. The first-order valence-corrected chi connectivity index (χ1v) is 4.09. The second kappa shape index (κ2) is 4.09. The van der Waals surface area contributed by atoms with Crippen LogP contribution in [0.2, 0.25) is 0 Å². The number of carbonyl (C=O) groups excluding carboxylic acids is 1. The summed E-state index contributed by atoms with van der Waals surface area (Å²) >= 11 is 0. The van der Waals surface area contributed by atoms with Crippen molar-refractivity contribution >= 4 is 5.91 Å². The molecule has 0 spiro atoms. The molecule has 13 heavy (non-hydrogen) atoms. The van der Waals surface area contributed by atoms with Gasteiger partial charge in [-0.15, -0.1) is 0 Å². The zero-order valence-corrected chi connectivity index (χ0v) is 8.13. The van der Waals surface area contributed by atoms with E-state index in [2.05, 4.69) is 5.32 Å². The Morgan fingerprint density at radius 2 is 2.38 bits per heavy atom. The first-order chi connectivity index (χ1) is 6.17. The summed E-state index contributed by atoms with van der Waals surface area (Å²) in [5, 5.41) is 4.21. The highest BCUT2D eigenvalue weighted by Gasteiger charge is 2.14. The van der Waals surface area contributed by atoms with Crippen LogP contribution in [0.25, 0.3) is 0 Å². The van der Waals surface area contributed by atoms with Crippen LogP contribution < -0.4 is 5.32 Å². The average molecular weight is 182 g/mol. The van der Waals surface area contributed by atoms with E-state index in [-0.39, 0.29) is 5.91 Å². The lowest BCUT2D eigenvalue weighted by molar-refractivity contribution is -0.120. The summed E-state index contributed by atoms with van der Waals surface area (Å²) in [5.74, 6) is -0.0606. The Morgan fingerprint density at radius 1 is 1.69 bits per heavy atom. The molecule has 0 atom stereocenters. The number of carbonyl (C=O) groups is 1. The minimum atomic E-state index is -0.0606. The van der Waals surface area contributed by atoms with Gasteiger partial charge in [0, 0.05) is 18.8 Å². The molecule has 4 nitrogen and oxygen atoms in total. The summed E-state index contributed by atoms with van der Waals surface area (Å²) in [7, 11) is 3.20. The lowest BCUT2D eigenvalue weighted by atomic mass is 10.1. The van der Waals surface area contributed by atoms with Crippen molar-refractivity contribution in [2.24, 2.45) is 0 Å². The molecule has 1 N–H and O–H groups in total. The fourth-order valence-electron chi connectivity index (χ4n) is 1.21. The molecule has 1 rings (SSSR count). The number of nitrogens with zero attached hydrogens (tertiary/aromatic N) is 1. The van der Waals surface area contributed by atoms with Gasteiger partial charge in [-0.2, -0.15) is 0 Å². The molecule has 4 heteroatoms. The lowest BCUT2D eigenvalue weighted by Crippen LogP contribution is -2.30. The molecule has 0 saturated carbocycles. The van der Waals surface area contributed by atoms with Gasteiger partial charge in [0.2, 0.25) is 5.91 Å². The van der Waals surface area contributed by atoms with Crippen molar-refractivity contribution in [3.05, 3.63) is 23.4 Å². The van der Waals surface area contributed by atoms with E-state index in [1.165, 1.54) is 0 Å². The van der Waals surface area contributed by atoms with Crippen LogP contribution in [-0.2, 0) is 9.63 Å². The van der Waals surface area contributed by atoms with Gasteiger partial charge in [-0.25, -0.2) is 0 Å². The number of allylic oxidation sites excluding steroid dienone is 2. The van der Waals surface area contributed by atoms with E-state index in [1.54, 1.807) is 19.2 Å². The first kappa shape index (κ1) is 9.80. The van der Waals surface area contributed by atoms with Crippen molar-refractivity contribution in [3.63, 3.8) is 0 Å². The summed E-state index contributed by atoms with van der Waals surface area (Å²) in [6, 6.07) is 0. The molecule has 1 aliphatic heterocycles. The smallest absolute Gasteiger partial charge is 0.248 e. The van der Waals surface area contributed by atoms with Crippen molar-refractivity contribution in [2.45, 2.75) is 6.92 Å². The van der Waals surface area contributed by atoms with E-state index in [0.29, 0.717) is 12.1 Å². The van der Waals surface area contributed by atoms with Crippen LogP contribution in [0.3, 0.4) is 0 Å². The highest BCUT2D eigenvalue weighted by Crippen LogP contribution is 2.12. The number of likely N-dealkylation sites (N-methyl/N-ethyl adjacent to an activating group) is 1. The molecule has 0 aliphatic carbocycles. The fourth-order valence-corrected chi connectivity index (χ4v) is 1.21. The maximum absolute atomic E-state index is 11.3.